The average Bonchev–Trinajstić information content (AvgIpc) is 2.55. The fraction of sp³-hybridized carbons (Fsp3) is 0.400. The molecule has 0 aliphatic heterocycles. The summed E-state index contributed by atoms with van der Waals surface area (Å²) in [5, 5.41) is 2.94. The van der Waals surface area contributed by atoms with Crippen molar-refractivity contribution in [1.29, 1.82) is 0 Å². The summed E-state index contributed by atoms with van der Waals surface area (Å²) in [5.74, 6) is 0.458. The first-order valence-corrected chi connectivity index (χ1v) is 8.59. The van der Waals surface area contributed by atoms with Crippen LogP contribution >= 0.6 is 0 Å². The second kappa shape index (κ2) is 8.48. The summed E-state index contributed by atoms with van der Waals surface area (Å²) < 4.78 is 0. The van der Waals surface area contributed by atoms with Gasteiger partial charge in [-0.3, -0.25) is 9.78 Å². The third-order valence-electron chi connectivity index (χ3n) is 3.92. The molecule has 1 heterocycles. The number of benzene rings is 1. The maximum absolute atomic E-state index is 12.3. The molecule has 128 valence electrons. The Hall–Kier alpha value is -2.36. The first-order valence-electron chi connectivity index (χ1n) is 8.59. The molecule has 2 aromatic rings. The Morgan fingerprint density at radius 2 is 1.96 bits per heavy atom. The third-order valence-corrected chi connectivity index (χ3v) is 3.92. The Kier molecular flexibility index (Phi) is 6.36. The van der Waals surface area contributed by atoms with Gasteiger partial charge in [-0.2, -0.15) is 0 Å². The third kappa shape index (κ3) is 4.82. The van der Waals surface area contributed by atoms with Crippen molar-refractivity contribution in [2.45, 2.75) is 34.1 Å². The zero-order valence-corrected chi connectivity index (χ0v) is 15.0. The number of pyridine rings is 1. The van der Waals surface area contributed by atoms with Crippen LogP contribution in [0, 0.1) is 12.8 Å². The van der Waals surface area contributed by atoms with Crippen molar-refractivity contribution in [1.82, 2.24) is 10.3 Å². The summed E-state index contributed by atoms with van der Waals surface area (Å²) in [6, 6.07) is 12.2. The van der Waals surface area contributed by atoms with E-state index < -0.39 is 0 Å². The quantitative estimate of drug-likeness (QED) is 0.824. The Balaban J connectivity index is 2.17. The minimum absolute atomic E-state index is 0.113. The molecule has 0 unspecified atom stereocenters. The Bertz CT molecular complexity index is 682. The molecular weight excluding hydrogens is 298 g/mol. The van der Waals surface area contributed by atoms with Gasteiger partial charge < -0.3 is 10.2 Å². The molecule has 1 N–H and O–H groups in total. The number of nitrogens with zero attached hydrogens (tertiary/aromatic N) is 2. The average molecular weight is 325 g/mol. The van der Waals surface area contributed by atoms with Crippen LogP contribution in [0.1, 0.15) is 43.2 Å². The molecule has 0 spiro atoms. The zero-order chi connectivity index (χ0) is 17.5. The zero-order valence-electron chi connectivity index (χ0n) is 15.0. The van der Waals surface area contributed by atoms with Gasteiger partial charge in [0.1, 0.15) is 5.69 Å². The number of carbonyl (C=O) groups excluding carboxylic acids is 1. The van der Waals surface area contributed by atoms with Crippen molar-refractivity contribution in [3.63, 3.8) is 0 Å². The van der Waals surface area contributed by atoms with Crippen LogP contribution in [0.5, 0.6) is 0 Å². The van der Waals surface area contributed by atoms with Gasteiger partial charge in [-0.25, -0.2) is 0 Å². The summed E-state index contributed by atoms with van der Waals surface area (Å²) in [5.41, 5.74) is 3.77. The van der Waals surface area contributed by atoms with E-state index in [1.165, 1.54) is 5.56 Å². The number of amides is 1. The van der Waals surface area contributed by atoms with Crippen LogP contribution in [-0.2, 0) is 0 Å². The maximum atomic E-state index is 12.3. The highest BCUT2D eigenvalue weighted by Crippen LogP contribution is 2.25. The van der Waals surface area contributed by atoms with E-state index in [-0.39, 0.29) is 5.91 Å². The van der Waals surface area contributed by atoms with E-state index in [9.17, 15) is 4.79 Å². The number of nitrogens with one attached hydrogen (secondary N) is 1. The first-order chi connectivity index (χ1) is 11.5. The number of hydrogen-bond donors (Lipinski definition) is 1. The Morgan fingerprint density at radius 3 is 2.62 bits per heavy atom. The molecule has 0 atom stereocenters. The molecular formula is C20H27N3O. The lowest BCUT2D eigenvalue weighted by atomic mass is 10.1. The van der Waals surface area contributed by atoms with Crippen LogP contribution in [0.15, 0.2) is 42.6 Å². The molecule has 2 rings (SSSR count). The summed E-state index contributed by atoms with van der Waals surface area (Å²) >= 11 is 0. The largest absolute Gasteiger partial charge is 0.351 e. The number of hydrogen-bond acceptors (Lipinski definition) is 3. The predicted molar refractivity (Wildman–Crippen MR) is 99.9 cm³/mol. The molecule has 0 fully saturated rings. The van der Waals surface area contributed by atoms with Crippen LogP contribution < -0.4 is 10.2 Å². The molecule has 0 aliphatic carbocycles. The van der Waals surface area contributed by atoms with Crippen molar-refractivity contribution in [2.75, 3.05) is 18.0 Å². The van der Waals surface area contributed by atoms with Crippen LogP contribution in [0.25, 0.3) is 0 Å². The van der Waals surface area contributed by atoms with E-state index in [0.717, 1.165) is 24.3 Å². The number of aromatic nitrogens is 1. The molecule has 0 aliphatic rings. The number of carbonyl (C=O) groups is 1. The van der Waals surface area contributed by atoms with Gasteiger partial charge in [0.2, 0.25) is 0 Å². The van der Waals surface area contributed by atoms with Crippen molar-refractivity contribution in [3.8, 4) is 0 Å². The molecule has 4 nitrogen and oxygen atoms in total. The fourth-order valence-electron chi connectivity index (χ4n) is 2.59. The highest BCUT2D eigenvalue weighted by Gasteiger charge is 2.12. The Morgan fingerprint density at radius 1 is 1.21 bits per heavy atom. The molecule has 0 saturated carbocycles. The normalized spacial score (nSPS) is 10.7. The lowest BCUT2D eigenvalue weighted by Crippen LogP contribution is -2.26. The van der Waals surface area contributed by atoms with Crippen molar-refractivity contribution in [2.24, 2.45) is 5.92 Å². The second-order valence-electron chi connectivity index (χ2n) is 6.42. The minimum Gasteiger partial charge on any atom is -0.351 e. The van der Waals surface area contributed by atoms with Crippen LogP contribution in [0.2, 0.25) is 0 Å². The van der Waals surface area contributed by atoms with Gasteiger partial charge in [0.05, 0.1) is 0 Å². The SMILES string of the molecule is CCN(c1cccc(C)c1)c1ccnc(C(=O)NCCC(C)C)c1. The van der Waals surface area contributed by atoms with E-state index in [1.807, 2.05) is 18.2 Å². The van der Waals surface area contributed by atoms with Crippen molar-refractivity contribution < 1.29 is 4.79 Å². The molecule has 1 aromatic heterocycles. The van der Waals surface area contributed by atoms with Crippen LogP contribution in [0.3, 0.4) is 0 Å². The smallest absolute Gasteiger partial charge is 0.269 e. The van der Waals surface area contributed by atoms with Gasteiger partial charge in [-0.05, 0) is 56.0 Å². The number of anilines is 2. The van der Waals surface area contributed by atoms with Gasteiger partial charge >= 0.3 is 0 Å². The second-order valence-corrected chi connectivity index (χ2v) is 6.42. The summed E-state index contributed by atoms with van der Waals surface area (Å²) in [7, 11) is 0. The molecule has 1 aromatic carbocycles. The summed E-state index contributed by atoms with van der Waals surface area (Å²) in [6.07, 6.45) is 2.67. The predicted octanol–water partition coefficient (Wildman–Crippen LogP) is 4.32. The lowest BCUT2D eigenvalue weighted by molar-refractivity contribution is 0.0947. The standard InChI is InChI=1S/C20H27N3O/c1-5-23(17-8-6-7-16(4)13-17)18-10-12-21-19(14-18)20(24)22-11-9-15(2)3/h6-8,10,12-15H,5,9,11H2,1-4H3,(H,22,24). The van der Waals surface area contributed by atoms with Gasteiger partial charge in [0.25, 0.3) is 5.91 Å². The van der Waals surface area contributed by atoms with E-state index in [2.05, 4.69) is 61.1 Å². The summed E-state index contributed by atoms with van der Waals surface area (Å²) in [4.78, 5) is 18.7. The molecule has 0 saturated heterocycles. The maximum Gasteiger partial charge on any atom is 0.269 e. The molecule has 0 bridgehead atoms. The molecule has 24 heavy (non-hydrogen) atoms. The Labute approximate surface area is 144 Å². The topological polar surface area (TPSA) is 45.2 Å². The summed E-state index contributed by atoms with van der Waals surface area (Å²) in [6.45, 7) is 9.97. The molecule has 1 amide bonds. The highest BCUT2D eigenvalue weighted by molar-refractivity contribution is 5.93. The first kappa shape index (κ1) is 18.0. The van der Waals surface area contributed by atoms with Gasteiger partial charge in [0.15, 0.2) is 0 Å². The van der Waals surface area contributed by atoms with E-state index in [1.54, 1.807) is 6.20 Å². The molecule has 4 heteroatoms. The van der Waals surface area contributed by atoms with Crippen LogP contribution in [0.4, 0.5) is 11.4 Å². The van der Waals surface area contributed by atoms with Gasteiger partial charge in [0, 0.05) is 30.7 Å². The van der Waals surface area contributed by atoms with Crippen molar-refractivity contribution in [3.05, 3.63) is 53.9 Å². The molecule has 0 radical (unpaired) electrons. The fourth-order valence-corrected chi connectivity index (χ4v) is 2.59. The number of aryl methyl sites for hydroxylation is 1. The van der Waals surface area contributed by atoms with Crippen molar-refractivity contribution >= 4 is 17.3 Å². The monoisotopic (exact) mass is 325 g/mol. The lowest BCUT2D eigenvalue weighted by Gasteiger charge is -2.24. The van der Waals surface area contributed by atoms with E-state index in [0.29, 0.717) is 18.2 Å². The van der Waals surface area contributed by atoms with Crippen LogP contribution in [-0.4, -0.2) is 24.0 Å². The highest BCUT2D eigenvalue weighted by atomic mass is 16.1. The van der Waals surface area contributed by atoms with E-state index in [4.69, 9.17) is 0 Å². The minimum atomic E-state index is -0.113. The van der Waals surface area contributed by atoms with Gasteiger partial charge in [-0.1, -0.05) is 26.0 Å². The van der Waals surface area contributed by atoms with E-state index >= 15 is 0 Å². The van der Waals surface area contributed by atoms with Gasteiger partial charge in [-0.15, -0.1) is 0 Å². The number of rotatable bonds is 7.